The molecule has 0 radical (unpaired) electrons. The van der Waals surface area contributed by atoms with Crippen molar-refractivity contribution in [3.8, 4) is 24.0 Å². The van der Waals surface area contributed by atoms with Crippen LogP contribution < -0.4 is 4.74 Å². The van der Waals surface area contributed by atoms with E-state index in [2.05, 4.69) is 37.0 Å². The molecule has 0 amide bonds. The fourth-order valence-corrected chi connectivity index (χ4v) is 4.46. The number of nitrogens with one attached hydrogen (secondary N) is 1. The zero-order chi connectivity index (χ0) is 20.5. The van der Waals surface area contributed by atoms with Gasteiger partial charge in [0.25, 0.3) is 0 Å². The number of nitriles is 3. The van der Waals surface area contributed by atoms with E-state index in [1.165, 1.54) is 0 Å². The Morgan fingerprint density at radius 3 is 2.54 bits per heavy atom. The number of ether oxygens (including phenoxy) is 1. The van der Waals surface area contributed by atoms with Crippen molar-refractivity contribution in [3.63, 3.8) is 0 Å². The molecule has 1 fully saturated rings. The van der Waals surface area contributed by atoms with Crippen LogP contribution in [0.1, 0.15) is 25.3 Å². The van der Waals surface area contributed by atoms with Crippen LogP contribution in [0.5, 0.6) is 5.75 Å². The SMILES string of the molecule is COc1cccc([C@H]2[C@@H]3CN(C(C)C)CC=C3C(C#N)C(=N)C2(C#N)C#N)c1. The van der Waals surface area contributed by atoms with Crippen molar-refractivity contribution in [1.82, 2.24) is 4.90 Å². The molecule has 2 aliphatic rings. The molecule has 0 aromatic heterocycles. The lowest BCUT2D eigenvalue weighted by molar-refractivity contribution is 0.171. The number of hydrogen-bond donors (Lipinski definition) is 1. The summed E-state index contributed by atoms with van der Waals surface area (Å²) in [6.07, 6.45) is 2.02. The summed E-state index contributed by atoms with van der Waals surface area (Å²) in [7, 11) is 1.57. The van der Waals surface area contributed by atoms with Gasteiger partial charge in [-0.3, -0.25) is 4.90 Å². The molecule has 1 aromatic rings. The first kappa shape index (κ1) is 19.6. The van der Waals surface area contributed by atoms with E-state index in [9.17, 15) is 15.8 Å². The molecule has 0 saturated heterocycles. The van der Waals surface area contributed by atoms with E-state index in [1.807, 2.05) is 30.3 Å². The Hall–Kier alpha value is -3.14. The van der Waals surface area contributed by atoms with E-state index in [0.29, 0.717) is 24.9 Å². The van der Waals surface area contributed by atoms with Gasteiger partial charge in [-0.2, -0.15) is 15.8 Å². The number of fused-ring (bicyclic) bond motifs is 1. The smallest absolute Gasteiger partial charge is 0.189 e. The Balaban J connectivity index is 2.25. The molecular weight excluding hydrogens is 350 g/mol. The first-order chi connectivity index (χ1) is 13.4. The monoisotopic (exact) mass is 373 g/mol. The van der Waals surface area contributed by atoms with Gasteiger partial charge >= 0.3 is 0 Å². The van der Waals surface area contributed by atoms with Crippen molar-refractivity contribution in [2.75, 3.05) is 20.2 Å². The van der Waals surface area contributed by atoms with Crippen molar-refractivity contribution >= 4 is 5.71 Å². The quantitative estimate of drug-likeness (QED) is 0.818. The molecule has 0 spiro atoms. The summed E-state index contributed by atoms with van der Waals surface area (Å²) >= 11 is 0. The van der Waals surface area contributed by atoms with E-state index in [4.69, 9.17) is 10.1 Å². The van der Waals surface area contributed by atoms with Gasteiger partial charge in [0.1, 0.15) is 11.7 Å². The van der Waals surface area contributed by atoms with Crippen molar-refractivity contribution in [2.45, 2.75) is 25.8 Å². The standard InChI is InChI=1S/C22H23N5O/c1-14(2)27-8-7-17-18(10-23)21(26)22(12-24,13-25)20(19(17)11-27)15-5-4-6-16(9-15)28-3/h4-7,9,14,18-20,26H,8,11H2,1-3H3/t18?,19-,20+/m1/s1. The molecule has 0 bridgehead atoms. The number of rotatable bonds is 3. The Bertz CT molecular complexity index is 929. The highest BCUT2D eigenvalue weighted by atomic mass is 16.5. The molecule has 1 aromatic carbocycles. The third kappa shape index (κ3) is 2.85. The highest BCUT2D eigenvalue weighted by molar-refractivity contribution is 6.00. The zero-order valence-electron chi connectivity index (χ0n) is 16.3. The summed E-state index contributed by atoms with van der Waals surface area (Å²) < 4.78 is 5.35. The van der Waals surface area contributed by atoms with Gasteiger partial charge in [-0.25, -0.2) is 0 Å². The Morgan fingerprint density at radius 2 is 1.96 bits per heavy atom. The molecule has 142 valence electrons. The van der Waals surface area contributed by atoms with Gasteiger partial charge in [-0.15, -0.1) is 0 Å². The van der Waals surface area contributed by atoms with Crippen LogP contribution in [0, 0.1) is 56.7 Å². The summed E-state index contributed by atoms with van der Waals surface area (Å²) in [5.74, 6) is -0.928. The summed E-state index contributed by atoms with van der Waals surface area (Å²) in [4.78, 5) is 2.27. The summed E-state index contributed by atoms with van der Waals surface area (Å²) in [5, 5.41) is 38.5. The van der Waals surface area contributed by atoms with Crippen LogP contribution in [0.4, 0.5) is 0 Å². The van der Waals surface area contributed by atoms with Crippen LogP contribution in [-0.4, -0.2) is 36.9 Å². The van der Waals surface area contributed by atoms with Crippen molar-refractivity contribution in [1.29, 1.82) is 21.2 Å². The average molecular weight is 373 g/mol. The largest absolute Gasteiger partial charge is 0.497 e. The van der Waals surface area contributed by atoms with Crippen LogP contribution in [0.2, 0.25) is 0 Å². The molecule has 1 aliphatic carbocycles. The Labute approximate surface area is 165 Å². The van der Waals surface area contributed by atoms with Crippen LogP contribution in [-0.2, 0) is 0 Å². The van der Waals surface area contributed by atoms with Crippen molar-refractivity contribution < 1.29 is 4.74 Å². The highest BCUT2D eigenvalue weighted by Gasteiger charge is 2.57. The summed E-state index contributed by atoms with van der Waals surface area (Å²) in [6, 6.07) is 14.1. The lowest BCUT2D eigenvalue weighted by atomic mass is 9.54. The van der Waals surface area contributed by atoms with E-state index in [-0.39, 0.29) is 11.6 Å². The summed E-state index contributed by atoms with van der Waals surface area (Å²) in [6.45, 7) is 5.55. The Morgan fingerprint density at radius 1 is 1.25 bits per heavy atom. The molecule has 1 aliphatic heterocycles. The first-order valence-electron chi connectivity index (χ1n) is 9.32. The van der Waals surface area contributed by atoms with Gasteiger partial charge in [0, 0.05) is 31.0 Å². The minimum Gasteiger partial charge on any atom is -0.497 e. The third-order valence-corrected chi connectivity index (χ3v) is 6.00. The first-order valence-corrected chi connectivity index (χ1v) is 9.32. The fourth-order valence-electron chi connectivity index (χ4n) is 4.46. The van der Waals surface area contributed by atoms with E-state index < -0.39 is 17.3 Å². The maximum atomic E-state index is 10.1. The van der Waals surface area contributed by atoms with E-state index in [1.54, 1.807) is 7.11 Å². The Kier molecular flexibility index (Phi) is 5.23. The van der Waals surface area contributed by atoms with E-state index in [0.717, 1.165) is 11.1 Å². The molecule has 3 atom stereocenters. The minimum atomic E-state index is -1.69. The molecule has 3 rings (SSSR count). The van der Waals surface area contributed by atoms with Crippen LogP contribution in [0.25, 0.3) is 0 Å². The van der Waals surface area contributed by atoms with Gasteiger partial charge in [0.2, 0.25) is 0 Å². The lowest BCUT2D eigenvalue weighted by Gasteiger charge is -2.48. The van der Waals surface area contributed by atoms with Gasteiger partial charge in [-0.05, 0) is 37.1 Å². The number of benzene rings is 1. The zero-order valence-corrected chi connectivity index (χ0v) is 16.3. The molecule has 28 heavy (non-hydrogen) atoms. The minimum absolute atomic E-state index is 0.117. The maximum absolute atomic E-state index is 10.1. The normalized spacial score (nSPS) is 26.4. The van der Waals surface area contributed by atoms with Gasteiger partial charge in [0.15, 0.2) is 5.41 Å². The number of nitrogens with zero attached hydrogens (tertiary/aromatic N) is 4. The number of hydrogen-bond acceptors (Lipinski definition) is 6. The predicted octanol–water partition coefficient (Wildman–Crippen LogP) is 3.25. The molecule has 1 heterocycles. The van der Waals surface area contributed by atoms with Crippen LogP contribution in [0.15, 0.2) is 35.9 Å². The molecule has 1 unspecified atom stereocenters. The topological polar surface area (TPSA) is 108 Å². The van der Waals surface area contributed by atoms with Gasteiger partial charge < -0.3 is 10.1 Å². The molecule has 6 heteroatoms. The highest BCUT2D eigenvalue weighted by Crippen LogP contribution is 2.53. The lowest BCUT2D eigenvalue weighted by Crippen LogP contribution is -2.53. The second kappa shape index (κ2) is 7.47. The second-order valence-electron chi connectivity index (χ2n) is 7.62. The number of methoxy groups -OCH3 is 1. The average Bonchev–Trinajstić information content (AvgIpc) is 2.72. The third-order valence-electron chi connectivity index (χ3n) is 6.00. The second-order valence-corrected chi connectivity index (χ2v) is 7.62. The van der Waals surface area contributed by atoms with Gasteiger partial charge in [-0.1, -0.05) is 18.2 Å². The fraction of sp³-hybridized carbons (Fsp3) is 0.455. The molecular formula is C22H23N5O. The van der Waals surface area contributed by atoms with E-state index >= 15 is 0 Å². The molecule has 1 N–H and O–H groups in total. The summed E-state index contributed by atoms with van der Waals surface area (Å²) in [5.41, 5.74) is -0.161. The van der Waals surface area contributed by atoms with Crippen molar-refractivity contribution in [2.24, 2.45) is 17.3 Å². The maximum Gasteiger partial charge on any atom is 0.189 e. The molecule has 1 saturated carbocycles. The van der Waals surface area contributed by atoms with Crippen LogP contribution in [0.3, 0.4) is 0 Å². The van der Waals surface area contributed by atoms with Crippen LogP contribution >= 0.6 is 0 Å². The predicted molar refractivity (Wildman–Crippen MR) is 105 cm³/mol. The van der Waals surface area contributed by atoms with Crippen molar-refractivity contribution in [3.05, 3.63) is 41.5 Å². The van der Waals surface area contributed by atoms with Gasteiger partial charge in [0.05, 0.1) is 31.0 Å². The molecule has 6 nitrogen and oxygen atoms in total.